The van der Waals surface area contributed by atoms with Gasteiger partial charge >= 0.3 is 0 Å². The fraction of sp³-hybridized carbons (Fsp3) is 0.188. The van der Waals surface area contributed by atoms with E-state index in [9.17, 15) is 0 Å². The normalized spacial score (nSPS) is 11.1. The molecule has 0 aliphatic carbocycles. The van der Waals surface area contributed by atoms with Gasteiger partial charge in [0.1, 0.15) is 0 Å². The van der Waals surface area contributed by atoms with Gasteiger partial charge in [-0.2, -0.15) is 0 Å². The minimum atomic E-state index is 0.833. The zero-order valence-electron chi connectivity index (χ0n) is 11.4. The summed E-state index contributed by atoms with van der Waals surface area (Å²) in [5, 5.41) is 0.938. The van der Waals surface area contributed by atoms with E-state index in [4.69, 9.17) is 5.73 Å². The molecule has 3 nitrogen and oxygen atoms in total. The van der Waals surface area contributed by atoms with Gasteiger partial charge in [-0.05, 0) is 29.7 Å². The second-order valence-electron chi connectivity index (χ2n) is 4.69. The summed E-state index contributed by atoms with van der Waals surface area (Å²) >= 11 is 1.69. The molecule has 0 amide bonds. The molecule has 3 rings (SSSR count). The van der Waals surface area contributed by atoms with E-state index < -0.39 is 0 Å². The number of nitrogens with one attached hydrogen (secondary N) is 1. The Kier molecular flexibility index (Phi) is 3.65. The third-order valence-electron chi connectivity index (χ3n) is 3.40. The predicted molar refractivity (Wildman–Crippen MR) is 85.9 cm³/mol. The van der Waals surface area contributed by atoms with E-state index in [2.05, 4.69) is 35.1 Å². The lowest BCUT2D eigenvalue weighted by molar-refractivity contribution is 1.08. The van der Waals surface area contributed by atoms with E-state index in [0.717, 1.165) is 34.1 Å². The van der Waals surface area contributed by atoms with Crippen LogP contribution in [-0.2, 0) is 12.2 Å². The standard InChI is InChI=1S/C16H17N3S/c1-2-11-6-5-7-12(15(11)17)10-20-16-18-13-8-3-4-9-14(13)19-16/h3-9H,2,10,17H2,1H3,(H,18,19). The highest BCUT2D eigenvalue weighted by atomic mass is 32.2. The van der Waals surface area contributed by atoms with E-state index in [-0.39, 0.29) is 0 Å². The van der Waals surface area contributed by atoms with Crippen LogP contribution in [0.15, 0.2) is 47.6 Å². The molecule has 0 fully saturated rings. The van der Waals surface area contributed by atoms with Gasteiger partial charge in [0.05, 0.1) is 11.0 Å². The summed E-state index contributed by atoms with van der Waals surface area (Å²) < 4.78 is 0. The Morgan fingerprint density at radius 2 is 1.90 bits per heavy atom. The van der Waals surface area contributed by atoms with E-state index in [1.165, 1.54) is 11.1 Å². The molecule has 0 aliphatic heterocycles. The van der Waals surface area contributed by atoms with Gasteiger partial charge in [-0.3, -0.25) is 0 Å². The maximum Gasteiger partial charge on any atom is 0.166 e. The molecular weight excluding hydrogens is 266 g/mol. The number of fused-ring (bicyclic) bond motifs is 1. The molecule has 0 atom stereocenters. The summed E-state index contributed by atoms with van der Waals surface area (Å²) in [5.41, 5.74) is 11.6. The number of anilines is 1. The average molecular weight is 283 g/mol. The molecule has 102 valence electrons. The van der Waals surface area contributed by atoms with Gasteiger partial charge < -0.3 is 10.7 Å². The third-order valence-corrected chi connectivity index (χ3v) is 4.32. The molecule has 1 heterocycles. The maximum atomic E-state index is 6.19. The summed E-state index contributed by atoms with van der Waals surface area (Å²) in [5.74, 6) is 0.833. The molecule has 0 radical (unpaired) electrons. The fourth-order valence-electron chi connectivity index (χ4n) is 2.24. The summed E-state index contributed by atoms with van der Waals surface area (Å²) in [7, 11) is 0. The van der Waals surface area contributed by atoms with Crippen LogP contribution >= 0.6 is 11.8 Å². The van der Waals surface area contributed by atoms with Gasteiger partial charge in [0.15, 0.2) is 5.16 Å². The van der Waals surface area contributed by atoms with Gasteiger partial charge in [-0.25, -0.2) is 4.98 Å². The van der Waals surface area contributed by atoms with Crippen molar-refractivity contribution in [3.63, 3.8) is 0 Å². The van der Waals surface area contributed by atoms with Crippen molar-refractivity contribution in [3.05, 3.63) is 53.6 Å². The van der Waals surface area contributed by atoms with Crippen LogP contribution in [0.2, 0.25) is 0 Å². The van der Waals surface area contributed by atoms with Crippen molar-refractivity contribution in [2.24, 2.45) is 0 Å². The van der Waals surface area contributed by atoms with Crippen LogP contribution in [0.5, 0.6) is 0 Å². The lowest BCUT2D eigenvalue weighted by Gasteiger charge is -2.08. The lowest BCUT2D eigenvalue weighted by atomic mass is 10.1. The number of nitrogens with zero attached hydrogens (tertiary/aromatic N) is 1. The maximum absolute atomic E-state index is 6.19. The van der Waals surface area contributed by atoms with Crippen LogP contribution in [0.3, 0.4) is 0 Å². The summed E-state index contributed by atoms with van der Waals surface area (Å²) in [6.07, 6.45) is 0.967. The third kappa shape index (κ3) is 2.51. The quantitative estimate of drug-likeness (QED) is 0.562. The van der Waals surface area contributed by atoms with Gasteiger partial charge in [-0.1, -0.05) is 49.0 Å². The summed E-state index contributed by atoms with van der Waals surface area (Å²) in [4.78, 5) is 7.89. The number of benzene rings is 2. The van der Waals surface area contributed by atoms with Crippen molar-refractivity contribution in [2.45, 2.75) is 24.3 Å². The first-order valence-corrected chi connectivity index (χ1v) is 7.70. The number of nitrogen functional groups attached to an aromatic ring is 1. The Labute approximate surface area is 122 Å². The number of nitrogens with two attached hydrogens (primary N) is 1. The Balaban J connectivity index is 1.79. The topological polar surface area (TPSA) is 54.7 Å². The van der Waals surface area contributed by atoms with E-state index in [1.807, 2.05) is 24.3 Å². The Morgan fingerprint density at radius 1 is 1.10 bits per heavy atom. The number of hydrogen-bond donors (Lipinski definition) is 2. The molecular formula is C16H17N3S. The number of imidazole rings is 1. The minimum Gasteiger partial charge on any atom is -0.398 e. The van der Waals surface area contributed by atoms with E-state index in [1.54, 1.807) is 11.8 Å². The molecule has 0 bridgehead atoms. The Hall–Kier alpha value is -1.94. The van der Waals surface area contributed by atoms with Crippen molar-refractivity contribution >= 4 is 28.5 Å². The number of H-pyrrole nitrogens is 1. The fourth-order valence-corrected chi connectivity index (χ4v) is 3.13. The molecule has 0 unspecified atom stereocenters. The monoisotopic (exact) mass is 283 g/mol. The molecule has 0 spiro atoms. The van der Waals surface area contributed by atoms with Gasteiger partial charge in [0.25, 0.3) is 0 Å². The predicted octanol–water partition coefficient (Wildman–Crippen LogP) is 4.00. The van der Waals surface area contributed by atoms with Crippen LogP contribution in [0.1, 0.15) is 18.1 Å². The summed E-state index contributed by atoms with van der Waals surface area (Å²) in [6, 6.07) is 14.3. The molecule has 2 aromatic carbocycles. The van der Waals surface area contributed by atoms with Crippen molar-refractivity contribution in [1.82, 2.24) is 9.97 Å². The molecule has 0 saturated carbocycles. The zero-order valence-corrected chi connectivity index (χ0v) is 12.2. The van der Waals surface area contributed by atoms with Crippen LogP contribution in [-0.4, -0.2) is 9.97 Å². The molecule has 1 aromatic heterocycles. The minimum absolute atomic E-state index is 0.833. The highest BCUT2D eigenvalue weighted by Gasteiger charge is 2.07. The van der Waals surface area contributed by atoms with Gasteiger partial charge in [0.2, 0.25) is 0 Å². The van der Waals surface area contributed by atoms with E-state index >= 15 is 0 Å². The summed E-state index contributed by atoms with van der Waals surface area (Å²) in [6.45, 7) is 2.13. The van der Waals surface area contributed by atoms with E-state index in [0.29, 0.717) is 0 Å². The number of rotatable bonds is 4. The Morgan fingerprint density at radius 3 is 2.70 bits per heavy atom. The van der Waals surface area contributed by atoms with Crippen LogP contribution in [0.4, 0.5) is 5.69 Å². The average Bonchev–Trinajstić information content (AvgIpc) is 2.89. The first kappa shape index (κ1) is 13.1. The highest BCUT2D eigenvalue weighted by molar-refractivity contribution is 7.98. The second kappa shape index (κ2) is 5.59. The lowest BCUT2D eigenvalue weighted by Crippen LogP contribution is -1.98. The van der Waals surface area contributed by atoms with Crippen molar-refractivity contribution in [1.29, 1.82) is 0 Å². The number of aryl methyl sites for hydroxylation is 1. The van der Waals surface area contributed by atoms with Crippen LogP contribution in [0, 0.1) is 0 Å². The number of hydrogen-bond acceptors (Lipinski definition) is 3. The second-order valence-corrected chi connectivity index (χ2v) is 5.66. The van der Waals surface area contributed by atoms with Crippen LogP contribution < -0.4 is 5.73 Å². The first-order valence-electron chi connectivity index (χ1n) is 6.71. The molecule has 20 heavy (non-hydrogen) atoms. The highest BCUT2D eigenvalue weighted by Crippen LogP contribution is 2.27. The number of aromatic nitrogens is 2. The Bertz CT molecular complexity index is 700. The number of aromatic amines is 1. The zero-order chi connectivity index (χ0) is 13.9. The number of thioether (sulfide) groups is 1. The first-order chi connectivity index (χ1) is 9.78. The molecule has 0 saturated heterocycles. The van der Waals surface area contributed by atoms with Crippen molar-refractivity contribution in [3.8, 4) is 0 Å². The molecule has 3 aromatic rings. The molecule has 0 aliphatic rings. The smallest absolute Gasteiger partial charge is 0.166 e. The number of para-hydroxylation sites is 3. The van der Waals surface area contributed by atoms with Crippen molar-refractivity contribution < 1.29 is 0 Å². The molecule has 3 N–H and O–H groups in total. The van der Waals surface area contributed by atoms with Gasteiger partial charge in [0, 0.05) is 11.4 Å². The van der Waals surface area contributed by atoms with Crippen LogP contribution in [0.25, 0.3) is 11.0 Å². The molecule has 4 heteroatoms. The SMILES string of the molecule is CCc1cccc(CSc2nc3ccccc3[nH]2)c1N. The van der Waals surface area contributed by atoms with Gasteiger partial charge in [-0.15, -0.1) is 0 Å². The van der Waals surface area contributed by atoms with Crippen molar-refractivity contribution in [2.75, 3.05) is 5.73 Å². The largest absolute Gasteiger partial charge is 0.398 e.